The lowest BCUT2D eigenvalue weighted by Crippen LogP contribution is -2.25. The number of nitrogens with one attached hydrogen (secondary N) is 2. The predicted octanol–water partition coefficient (Wildman–Crippen LogP) is 2.75. The molecule has 0 saturated heterocycles. The zero-order valence-corrected chi connectivity index (χ0v) is 11.8. The summed E-state index contributed by atoms with van der Waals surface area (Å²) in [5.41, 5.74) is 1.72. The van der Waals surface area contributed by atoms with Gasteiger partial charge in [-0.15, -0.1) is 0 Å². The fourth-order valence-electron chi connectivity index (χ4n) is 1.94. The Labute approximate surface area is 115 Å². The van der Waals surface area contributed by atoms with Gasteiger partial charge in [0.05, 0.1) is 0 Å². The van der Waals surface area contributed by atoms with Gasteiger partial charge in [-0.2, -0.15) is 0 Å². The minimum Gasteiger partial charge on any atom is -0.370 e. The van der Waals surface area contributed by atoms with E-state index >= 15 is 0 Å². The van der Waals surface area contributed by atoms with Gasteiger partial charge in [0.2, 0.25) is 0 Å². The van der Waals surface area contributed by atoms with E-state index < -0.39 is 0 Å². The van der Waals surface area contributed by atoms with Crippen LogP contribution in [0.5, 0.6) is 0 Å². The number of rotatable bonds is 7. The van der Waals surface area contributed by atoms with E-state index in [1.54, 1.807) is 0 Å². The van der Waals surface area contributed by atoms with E-state index in [-0.39, 0.29) is 5.91 Å². The molecule has 1 amide bonds. The number of aryl methyl sites for hydroxylation is 1. The van der Waals surface area contributed by atoms with E-state index in [1.807, 2.05) is 12.1 Å². The molecule has 19 heavy (non-hydrogen) atoms. The molecule has 0 bridgehead atoms. The molecule has 0 aromatic carbocycles. The molecule has 0 radical (unpaired) electrons. The topological polar surface area (TPSA) is 54.0 Å². The van der Waals surface area contributed by atoms with E-state index in [1.165, 1.54) is 0 Å². The van der Waals surface area contributed by atoms with Crippen molar-refractivity contribution < 1.29 is 4.79 Å². The predicted molar refractivity (Wildman–Crippen MR) is 77.5 cm³/mol. The van der Waals surface area contributed by atoms with Crippen LogP contribution in [0.25, 0.3) is 0 Å². The van der Waals surface area contributed by atoms with Crippen LogP contribution in [0.1, 0.15) is 55.6 Å². The SMILES string of the molecule is CCCNc1cc(C(=O)NC2CC2)cc(CCC)n1. The number of hydrogen-bond acceptors (Lipinski definition) is 3. The summed E-state index contributed by atoms with van der Waals surface area (Å²) < 4.78 is 0. The summed E-state index contributed by atoms with van der Waals surface area (Å²) in [4.78, 5) is 16.7. The Hall–Kier alpha value is -1.58. The normalized spacial score (nSPS) is 14.2. The molecule has 2 N–H and O–H groups in total. The number of anilines is 1. The smallest absolute Gasteiger partial charge is 0.251 e. The third-order valence-electron chi connectivity index (χ3n) is 3.12. The Morgan fingerprint density at radius 1 is 1.32 bits per heavy atom. The summed E-state index contributed by atoms with van der Waals surface area (Å²) in [5, 5.41) is 6.29. The molecule has 0 atom stereocenters. The standard InChI is InChI=1S/C15H23N3O/c1-3-5-13-9-11(15(19)18-12-6-7-12)10-14(17-13)16-8-4-2/h9-10,12H,3-8H2,1-2H3,(H,16,17)(H,18,19). The maximum Gasteiger partial charge on any atom is 0.251 e. The summed E-state index contributed by atoms with van der Waals surface area (Å²) >= 11 is 0. The quantitative estimate of drug-likeness (QED) is 0.793. The van der Waals surface area contributed by atoms with Crippen LogP contribution in [-0.4, -0.2) is 23.5 Å². The molecule has 1 aromatic heterocycles. The molecule has 0 spiro atoms. The van der Waals surface area contributed by atoms with Gasteiger partial charge in [-0.3, -0.25) is 4.79 Å². The minimum absolute atomic E-state index is 0.0294. The molecule has 1 saturated carbocycles. The minimum atomic E-state index is 0.0294. The van der Waals surface area contributed by atoms with Crippen LogP contribution in [0.3, 0.4) is 0 Å². The van der Waals surface area contributed by atoms with Crippen molar-refractivity contribution in [3.05, 3.63) is 23.4 Å². The van der Waals surface area contributed by atoms with Crippen molar-refractivity contribution in [3.8, 4) is 0 Å². The molecule has 1 aliphatic rings. The van der Waals surface area contributed by atoms with E-state index in [9.17, 15) is 4.79 Å². The first-order valence-corrected chi connectivity index (χ1v) is 7.28. The highest BCUT2D eigenvalue weighted by Gasteiger charge is 2.24. The third-order valence-corrected chi connectivity index (χ3v) is 3.12. The number of carbonyl (C=O) groups is 1. The molecule has 1 heterocycles. The lowest BCUT2D eigenvalue weighted by atomic mass is 10.1. The van der Waals surface area contributed by atoms with Gasteiger partial charge in [0.25, 0.3) is 5.91 Å². The summed E-state index contributed by atoms with van der Waals surface area (Å²) in [5.74, 6) is 0.843. The molecule has 2 rings (SSSR count). The van der Waals surface area contributed by atoms with Crippen molar-refractivity contribution in [2.24, 2.45) is 0 Å². The zero-order chi connectivity index (χ0) is 13.7. The van der Waals surface area contributed by atoms with Gasteiger partial charge in [0, 0.05) is 23.8 Å². The van der Waals surface area contributed by atoms with Crippen molar-refractivity contribution in [2.45, 2.75) is 52.0 Å². The number of pyridine rings is 1. The van der Waals surface area contributed by atoms with Crippen molar-refractivity contribution in [2.75, 3.05) is 11.9 Å². The second-order valence-corrected chi connectivity index (χ2v) is 5.16. The first kappa shape index (κ1) is 13.8. The Bertz CT molecular complexity index is 441. The highest BCUT2D eigenvalue weighted by Crippen LogP contribution is 2.20. The maximum absolute atomic E-state index is 12.1. The molecule has 1 aliphatic carbocycles. The van der Waals surface area contributed by atoms with Crippen molar-refractivity contribution in [3.63, 3.8) is 0 Å². The number of aromatic nitrogens is 1. The number of nitrogens with zero attached hydrogens (tertiary/aromatic N) is 1. The Kier molecular flexibility index (Phi) is 4.77. The van der Waals surface area contributed by atoms with Crippen LogP contribution in [0.4, 0.5) is 5.82 Å². The maximum atomic E-state index is 12.1. The fraction of sp³-hybridized carbons (Fsp3) is 0.600. The van der Waals surface area contributed by atoms with Gasteiger partial charge in [0.15, 0.2) is 0 Å². The lowest BCUT2D eigenvalue weighted by molar-refractivity contribution is 0.0951. The summed E-state index contributed by atoms with van der Waals surface area (Å²) in [7, 11) is 0. The van der Waals surface area contributed by atoms with Gasteiger partial charge >= 0.3 is 0 Å². The summed E-state index contributed by atoms with van der Waals surface area (Å²) in [6.45, 7) is 5.12. The molecule has 104 valence electrons. The third kappa shape index (κ3) is 4.23. The van der Waals surface area contributed by atoms with Gasteiger partial charge < -0.3 is 10.6 Å². The second-order valence-electron chi connectivity index (χ2n) is 5.16. The molecule has 0 unspecified atom stereocenters. The fourth-order valence-corrected chi connectivity index (χ4v) is 1.94. The van der Waals surface area contributed by atoms with Crippen LogP contribution in [0.15, 0.2) is 12.1 Å². The Morgan fingerprint density at radius 3 is 2.74 bits per heavy atom. The largest absolute Gasteiger partial charge is 0.370 e. The lowest BCUT2D eigenvalue weighted by Gasteiger charge is -2.10. The Balaban J connectivity index is 2.14. The zero-order valence-electron chi connectivity index (χ0n) is 11.8. The van der Waals surface area contributed by atoms with Gasteiger partial charge in [-0.25, -0.2) is 4.98 Å². The average molecular weight is 261 g/mol. The van der Waals surface area contributed by atoms with Gasteiger partial charge in [-0.05, 0) is 37.8 Å². The molecule has 4 nitrogen and oxygen atoms in total. The first-order chi connectivity index (χ1) is 9.22. The summed E-state index contributed by atoms with van der Waals surface area (Å²) in [6.07, 6.45) is 5.21. The van der Waals surface area contributed by atoms with Crippen LogP contribution in [0.2, 0.25) is 0 Å². The molecule has 4 heteroatoms. The van der Waals surface area contributed by atoms with E-state index in [0.717, 1.165) is 55.7 Å². The second kappa shape index (κ2) is 6.55. The number of hydrogen-bond donors (Lipinski definition) is 2. The highest BCUT2D eigenvalue weighted by atomic mass is 16.1. The number of amides is 1. The summed E-state index contributed by atoms with van der Waals surface area (Å²) in [6, 6.07) is 4.16. The van der Waals surface area contributed by atoms with Crippen molar-refractivity contribution in [1.82, 2.24) is 10.3 Å². The van der Waals surface area contributed by atoms with Crippen LogP contribution >= 0.6 is 0 Å². The van der Waals surface area contributed by atoms with Crippen LogP contribution in [0, 0.1) is 0 Å². The van der Waals surface area contributed by atoms with E-state index in [4.69, 9.17) is 0 Å². The molecule has 0 aliphatic heterocycles. The number of carbonyl (C=O) groups excluding carboxylic acids is 1. The molecular formula is C15H23N3O. The van der Waals surface area contributed by atoms with E-state index in [0.29, 0.717) is 6.04 Å². The van der Waals surface area contributed by atoms with Crippen molar-refractivity contribution >= 4 is 11.7 Å². The molecule has 1 fully saturated rings. The molecule has 1 aromatic rings. The van der Waals surface area contributed by atoms with Crippen LogP contribution < -0.4 is 10.6 Å². The van der Waals surface area contributed by atoms with Gasteiger partial charge in [0.1, 0.15) is 5.82 Å². The van der Waals surface area contributed by atoms with Gasteiger partial charge in [-0.1, -0.05) is 20.3 Å². The van der Waals surface area contributed by atoms with Crippen LogP contribution in [-0.2, 0) is 6.42 Å². The van der Waals surface area contributed by atoms with Crippen molar-refractivity contribution in [1.29, 1.82) is 0 Å². The first-order valence-electron chi connectivity index (χ1n) is 7.28. The Morgan fingerprint density at radius 2 is 2.11 bits per heavy atom. The molecular weight excluding hydrogens is 238 g/mol. The highest BCUT2D eigenvalue weighted by molar-refractivity contribution is 5.95. The van der Waals surface area contributed by atoms with E-state index in [2.05, 4.69) is 29.5 Å². The monoisotopic (exact) mass is 261 g/mol. The average Bonchev–Trinajstić information content (AvgIpc) is 3.20.